The molecule has 2 heterocycles. The molecular formula is C6H8N4. The van der Waals surface area contributed by atoms with Crippen molar-refractivity contribution in [1.29, 1.82) is 0 Å². The summed E-state index contributed by atoms with van der Waals surface area (Å²) >= 11 is 0. The van der Waals surface area contributed by atoms with E-state index in [1.165, 1.54) is 0 Å². The zero-order valence-corrected chi connectivity index (χ0v) is 5.49. The van der Waals surface area contributed by atoms with Crippen molar-refractivity contribution in [3.8, 4) is 0 Å². The molecule has 0 spiro atoms. The van der Waals surface area contributed by atoms with Gasteiger partial charge in [-0.05, 0) is 0 Å². The quantitative estimate of drug-likeness (QED) is 0.547. The highest BCUT2D eigenvalue weighted by atomic mass is 15.2. The van der Waals surface area contributed by atoms with Crippen LogP contribution < -0.4 is 5.73 Å². The Bertz CT molecular complexity index is 273. The maximum Gasteiger partial charge on any atom is 0.132 e. The molecule has 0 amide bonds. The van der Waals surface area contributed by atoms with Crippen molar-refractivity contribution in [1.82, 2.24) is 9.55 Å². The molecule has 1 aromatic rings. The van der Waals surface area contributed by atoms with Crippen molar-refractivity contribution in [3.63, 3.8) is 0 Å². The second kappa shape index (κ2) is 1.83. The van der Waals surface area contributed by atoms with Crippen molar-refractivity contribution in [2.45, 2.75) is 13.1 Å². The number of aromatic nitrogens is 2. The van der Waals surface area contributed by atoms with Crippen LogP contribution in [-0.2, 0) is 13.1 Å². The predicted octanol–water partition coefficient (Wildman–Crippen LogP) is 0.0497. The monoisotopic (exact) mass is 136 g/mol. The van der Waals surface area contributed by atoms with E-state index in [0.29, 0.717) is 6.54 Å². The van der Waals surface area contributed by atoms with Crippen LogP contribution in [0.4, 0.5) is 5.82 Å². The van der Waals surface area contributed by atoms with Crippen LogP contribution in [0, 0.1) is 0 Å². The van der Waals surface area contributed by atoms with Gasteiger partial charge in [0, 0.05) is 6.21 Å². The van der Waals surface area contributed by atoms with Crippen molar-refractivity contribution in [3.05, 3.63) is 12.0 Å². The van der Waals surface area contributed by atoms with Gasteiger partial charge in [-0.2, -0.15) is 0 Å². The van der Waals surface area contributed by atoms with Gasteiger partial charge in [0.25, 0.3) is 0 Å². The molecule has 0 saturated carbocycles. The second-order valence-electron chi connectivity index (χ2n) is 2.23. The lowest BCUT2D eigenvalue weighted by atomic mass is 10.5. The fourth-order valence-corrected chi connectivity index (χ4v) is 1.05. The van der Waals surface area contributed by atoms with Gasteiger partial charge in [0.05, 0.1) is 19.3 Å². The lowest BCUT2D eigenvalue weighted by Crippen LogP contribution is -2.11. The number of nitrogens with two attached hydrogens (primary N) is 1. The third-order valence-electron chi connectivity index (χ3n) is 1.60. The first-order valence-corrected chi connectivity index (χ1v) is 3.16. The third-order valence-corrected chi connectivity index (χ3v) is 1.60. The number of imidazole rings is 1. The molecule has 4 nitrogen and oxygen atoms in total. The zero-order chi connectivity index (χ0) is 6.97. The Kier molecular flexibility index (Phi) is 1.00. The molecule has 52 valence electrons. The van der Waals surface area contributed by atoms with Crippen molar-refractivity contribution >= 4 is 12.0 Å². The van der Waals surface area contributed by atoms with E-state index in [9.17, 15) is 0 Å². The smallest absolute Gasteiger partial charge is 0.132 e. The van der Waals surface area contributed by atoms with Crippen LogP contribution in [0.3, 0.4) is 0 Å². The first kappa shape index (κ1) is 5.46. The lowest BCUT2D eigenvalue weighted by molar-refractivity contribution is 0.742. The van der Waals surface area contributed by atoms with Crippen LogP contribution >= 0.6 is 0 Å². The minimum atomic E-state index is 0.664. The SMILES string of the molecule is Nc1cnc2n1CC=NC2. The average molecular weight is 136 g/mol. The van der Waals surface area contributed by atoms with Crippen LogP contribution in [0.15, 0.2) is 11.2 Å². The molecule has 0 fully saturated rings. The lowest BCUT2D eigenvalue weighted by Gasteiger charge is -2.08. The molecule has 0 radical (unpaired) electrons. The van der Waals surface area contributed by atoms with Gasteiger partial charge in [0.2, 0.25) is 0 Å². The van der Waals surface area contributed by atoms with Crippen molar-refractivity contribution in [2.75, 3.05) is 5.73 Å². The number of aliphatic imine (C=N–C) groups is 1. The molecule has 0 saturated heterocycles. The van der Waals surface area contributed by atoms with E-state index in [0.717, 1.165) is 18.2 Å². The molecule has 2 rings (SSSR count). The standard InChI is InChI=1S/C6H8N4/c7-5-3-9-6-4-8-1-2-10(5)6/h1,3H,2,4,7H2. The van der Waals surface area contributed by atoms with Crippen LogP contribution in [0.25, 0.3) is 0 Å². The molecule has 2 N–H and O–H groups in total. The molecule has 0 aliphatic carbocycles. The molecule has 0 aromatic carbocycles. The third kappa shape index (κ3) is 0.618. The summed E-state index contributed by atoms with van der Waals surface area (Å²) in [5.74, 6) is 1.68. The Hall–Kier alpha value is -1.32. The van der Waals surface area contributed by atoms with Crippen LogP contribution in [0.2, 0.25) is 0 Å². The summed E-state index contributed by atoms with van der Waals surface area (Å²) in [4.78, 5) is 8.15. The molecule has 4 heteroatoms. The Balaban J connectivity index is 2.50. The highest BCUT2D eigenvalue weighted by Crippen LogP contribution is 2.09. The largest absolute Gasteiger partial charge is 0.384 e. The first-order chi connectivity index (χ1) is 4.88. The first-order valence-electron chi connectivity index (χ1n) is 3.16. The molecule has 1 aliphatic rings. The molecule has 10 heavy (non-hydrogen) atoms. The van der Waals surface area contributed by atoms with Gasteiger partial charge in [0.1, 0.15) is 11.6 Å². The molecule has 0 atom stereocenters. The second-order valence-corrected chi connectivity index (χ2v) is 2.23. The summed E-state index contributed by atoms with van der Waals surface area (Å²) in [7, 11) is 0. The Morgan fingerprint density at radius 1 is 1.60 bits per heavy atom. The van der Waals surface area contributed by atoms with Gasteiger partial charge in [-0.15, -0.1) is 0 Å². The Morgan fingerprint density at radius 2 is 2.50 bits per heavy atom. The zero-order valence-electron chi connectivity index (χ0n) is 5.49. The van der Waals surface area contributed by atoms with Crippen LogP contribution in [0.1, 0.15) is 5.82 Å². The molecule has 1 aromatic heterocycles. The van der Waals surface area contributed by atoms with Gasteiger partial charge in [0.15, 0.2) is 0 Å². The van der Waals surface area contributed by atoms with E-state index < -0.39 is 0 Å². The number of rotatable bonds is 0. The normalized spacial score (nSPS) is 15.2. The minimum Gasteiger partial charge on any atom is -0.384 e. The van der Waals surface area contributed by atoms with Crippen molar-refractivity contribution in [2.24, 2.45) is 4.99 Å². The fraction of sp³-hybridized carbons (Fsp3) is 0.333. The molecule has 0 bridgehead atoms. The average Bonchev–Trinajstić information content (AvgIpc) is 2.34. The number of nitrogen functional groups attached to an aromatic ring is 1. The Labute approximate surface area is 58.4 Å². The summed E-state index contributed by atoms with van der Waals surface area (Å²) in [6, 6.07) is 0. The summed E-state index contributed by atoms with van der Waals surface area (Å²) in [5, 5.41) is 0. The fourth-order valence-electron chi connectivity index (χ4n) is 1.05. The van der Waals surface area contributed by atoms with E-state index in [1.807, 2.05) is 10.8 Å². The summed E-state index contributed by atoms with van der Waals surface area (Å²) in [6.07, 6.45) is 3.52. The minimum absolute atomic E-state index is 0.664. The topological polar surface area (TPSA) is 56.2 Å². The highest BCUT2D eigenvalue weighted by molar-refractivity contribution is 5.59. The van der Waals surface area contributed by atoms with E-state index in [4.69, 9.17) is 5.73 Å². The van der Waals surface area contributed by atoms with Gasteiger partial charge in [-0.3, -0.25) is 4.99 Å². The van der Waals surface area contributed by atoms with Gasteiger partial charge in [-0.1, -0.05) is 0 Å². The summed E-state index contributed by atoms with van der Waals surface area (Å²) in [5.41, 5.74) is 5.60. The number of fused-ring (bicyclic) bond motifs is 1. The number of nitrogens with zero attached hydrogens (tertiary/aromatic N) is 3. The van der Waals surface area contributed by atoms with Crippen LogP contribution in [-0.4, -0.2) is 15.8 Å². The predicted molar refractivity (Wildman–Crippen MR) is 38.8 cm³/mol. The van der Waals surface area contributed by atoms with E-state index in [2.05, 4.69) is 9.98 Å². The number of hydrogen-bond donors (Lipinski definition) is 1. The van der Waals surface area contributed by atoms with Crippen molar-refractivity contribution < 1.29 is 0 Å². The Morgan fingerprint density at radius 3 is 3.30 bits per heavy atom. The van der Waals surface area contributed by atoms with Gasteiger partial charge >= 0.3 is 0 Å². The maximum absolute atomic E-state index is 5.60. The van der Waals surface area contributed by atoms with E-state index in [1.54, 1.807) is 6.20 Å². The molecule has 0 unspecified atom stereocenters. The summed E-state index contributed by atoms with van der Waals surface area (Å²) < 4.78 is 1.95. The van der Waals surface area contributed by atoms with E-state index in [-0.39, 0.29) is 0 Å². The summed E-state index contributed by atoms with van der Waals surface area (Å²) in [6.45, 7) is 1.43. The van der Waals surface area contributed by atoms with Gasteiger partial charge in [-0.25, -0.2) is 4.98 Å². The molecule has 1 aliphatic heterocycles. The van der Waals surface area contributed by atoms with Crippen LogP contribution in [0.5, 0.6) is 0 Å². The number of hydrogen-bond acceptors (Lipinski definition) is 3. The maximum atomic E-state index is 5.60. The van der Waals surface area contributed by atoms with E-state index >= 15 is 0 Å². The molecular weight excluding hydrogens is 128 g/mol. The number of anilines is 1. The highest BCUT2D eigenvalue weighted by Gasteiger charge is 2.07. The van der Waals surface area contributed by atoms with Gasteiger partial charge < -0.3 is 10.3 Å².